The number of hydrogen-bond donors (Lipinski definition) is 1. The fourth-order valence-corrected chi connectivity index (χ4v) is 3.25. The van der Waals surface area contributed by atoms with Gasteiger partial charge in [0.2, 0.25) is 0 Å². The highest BCUT2D eigenvalue weighted by Crippen LogP contribution is 2.43. The summed E-state index contributed by atoms with van der Waals surface area (Å²) in [7, 11) is 0. The van der Waals surface area contributed by atoms with Crippen molar-refractivity contribution in [2.75, 3.05) is 13.1 Å². The fraction of sp³-hybridized carbons (Fsp3) is 0.882. The summed E-state index contributed by atoms with van der Waals surface area (Å²) >= 11 is 0. The van der Waals surface area contributed by atoms with Crippen molar-refractivity contribution in [1.29, 1.82) is 0 Å². The highest BCUT2D eigenvalue weighted by Gasteiger charge is 2.35. The molecule has 3 atom stereocenters. The van der Waals surface area contributed by atoms with Gasteiger partial charge in [0, 0.05) is 6.42 Å². The maximum Gasteiger partial charge on any atom is 0.0118 e. The third-order valence-corrected chi connectivity index (χ3v) is 4.58. The molecule has 0 saturated heterocycles. The van der Waals surface area contributed by atoms with Crippen LogP contribution in [0.25, 0.3) is 0 Å². The van der Waals surface area contributed by atoms with Gasteiger partial charge >= 0.3 is 0 Å². The molecule has 0 radical (unpaired) electrons. The Morgan fingerprint density at radius 2 is 1.94 bits per heavy atom. The van der Waals surface area contributed by atoms with Crippen LogP contribution in [0.4, 0.5) is 0 Å². The molecule has 0 bridgehead atoms. The molecule has 104 valence electrons. The molecule has 1 N–H and O–H groups in total. The zero-order valence-corrected chi connectivity index (χ0v) is 12.8. The molecule has 0 aromatic heterocycles. The van der Waals surface area contributed by atoms with Gasteiger partial charge < -0.3 is 5.32 Å². The van der Waals surface area contributed by atoms with Crippen LogP contribution in [0.5, 0.6) is 0 Å². The van der Waals surface area contributed by atoms with Gasteiger partial charge in [-0.2, -0.15) is 0 Å². The summed E-state index contributed by atoms with van der Waals surface area (Å²) in [6, 6.07) is 0. The fourth-order valence-electron chi connectivity index (χ4n) is 3.25. The van der Waals surface area contributed by atoms with Gasteiger partial charge in [0.1, 0.15) is 0 Å². The summed E-state index contributed by atoms with van der Waals surface area (Å²) < 4.78 is 0. The highest BCUT2D eigenvalue weighted by atomic mass is 14.9. The van der Waals surface area contributed by atoms with Gasteiger partial charge in [0.05, 0.1) is 0 Å². The van der Waals surface area contributed by atoms with E-state index in [2.05, 4.69) is 38.9 Å². The molecule has 0 aromatic rings. The van der Waals surface area contributed by atoms with Gasteiger partial charge in [-0.25, -0.2) is 0 Å². The van der Waals surface area contributed by atoms with Crippen molar-refractivity contribution in [2.45, 2.75) is 59.8 Å². The average molecular weight is 249 g/mol. The van der Waals surface area contributed by atoms with Crippen LogP contribution < -0.4 is 5.32 Å². The van der Waals surface area contributed by atoms with Gasteiger partial charge in [-0.1, -0.05) is 27.7 Å². The van der Waals surface area contributed by atoms with Crippen molar-refractivity contribution in [3.63, 3.8) is 0 Å². The lowest BCUT2D eigenvalue weighted by molar-refractivity contribution is 0.0995. The topological polar surface area (TPSA) is 12.0 Å². The Morgan fingerprint density at radius 3 is 2.50 bits per heavy atom. The molecule has 3 unspecified atom stereocenters. The summed E-state index contributed by atoms with van der Waals surface area (Å²) in [4.78, 5) is 0. The first-order chi connectivity index (χ1) is 8.49. The molecular weight excluding hydrogens is 218 g/mol. The minimum Gasteiger partial charge on any atom is -0.316 e. The monoisotopic (exact) mass is 249 g/mol. The largest absolute Gasteiger partial charge is 0.316 e. The van der Waals surface area contributed by atoms with E-state index in [0.717, 1.165) is 37.3 Å². The third kappa shape index (κ3) is 4.65. The molecular formula is C17H31N. The second-order valence-corrected chi connectivity index (χ2v) is 7.01. The Balaban J connectivity index is 2.53. The van der Waals surface area contributed by atoms with E-state index in [1.54, 1.807) is 0 Å². The smallest absolute Gasteiger partial charge is 0.0118 e. The van der Waals surface area contributed by atoms with E-state index in [4.69, 9.17) is 6.42 Å². The van der Waals surface area contributed by atoms with Crippen LogP contribution in [-0.4, -0.2) is 13.1 Å². The van der Waals surface area contributed by atoms with Crippen LogP contribution in [0.15, 0.2) is 0 Å². The predicted molar refractivity (Wildman–Crippen MR) is 80.4 cm³/mol. The molecule has 0 amide bonds. The molecule has 1 rings (SSSR count). The summed E-state index contributed by atoms with van der Waals surface area (Å²) in [6.07, 6.45) is 11.8. The Labute approximate surface area is 114 Å². The molecule has 0 aromatic carbocycles. The Hall–Kier alpha value is -0.480. The lowest BCUT2D eigenvalue weighted by Crippen LogP contribution is -2.36. The van der Waals surface area contributed by atoms with E-state index in [1.807, 2.05) is 0 Å². The van der Waals surface area contributed by atoms with Gasteiger partial charge in [-0.05, 0) is 61.9 Å². The quantitative estimate of drug-likeness (QED) is 0.571. The maximum absolute atomic E-state index is 5.56. The van der Waals surface area contributed by atoms with Crippen molar-refractivity contribution in [2.24, 2.45) is 23.2 Å². The first kappa shape index (κ1) is 15.6. The van der Waals surface area contributed by atoms with E-state index >= 15 is 0 Å². The van der Waals surface area contributed by atoms with Crippen molar-refractivity contribution >= 4 is 0 Å². The number of rotatable bonds is 5. The van der Waals surface area contributed by atoms with E-state index in [0.29, 0.717) is 5.41 Å². The zero-order valence-electron chi connectivity index (χ0n) is 12.8. The van der Waals surface area contributed by atoms with Gasteiger partial charge in [0.15, 0.2) is 0 Å². The van der Waals surface area contributed by atoms with Gasteiger partial charge in [0.25, 0.3) is 0 Å². The number of terminal acetylenes is 1. The number of hydrogen-bond acceptors (Lipinski definition) is 1. The molecule has 1 heteroatoms. The SMILES string of the molecule is C#CCC1CC(C(C)(C)C)CCC1CNCCC. The van der Waals surface area contributed by atoms with Crippen LogP contribution in [0, 0.1) is 35.5 Å². The summed E-state index contributed by atoms with van der Waals surface area (Å²) in [5, 5.41) is 3.58. The van der Waals surface area contributed by atoms with E-state index in [1.165, 1.54) is 25.7 Å². The van der Waals surface area contributed by atoms with E-state index in [-0.39, 0.29) is 0 Å². The maximum atomic E-state index is 5.56. The zero-order chi connectivity index (χ0) is 13.6. The Kier molecular flexibility index (Phi) is 6.22. The Bertz CT molecular complexity index is 268. The Morgan fingerprint density at radius 1 is 1.22 bits per heavy atom. The minimum atomic E-state index is 0.439. The number of nitrogens with one attached hydrogen (secondary N) is 1. The van der Waals surface area contributed by atoms with E-state index < -0.39 is 0 Å². The van der Waals surface area contributed by atoms with Crippen molar-refractivity contribution in [3.8, 4) is 12.3 Å². The molecule has 0 aliphatic heterocycles. The van der Waals surface area contributed by atoms with Crippen LogP contribution in [0.1, 0.15) is 59.8 Å². The summed E-state index contributed by atoms with van der Waals surface area (Å²) in [6.45, 7) is 11.7. The van der Waals surface area contributed by atoms with Crippen molar-refractivity contribution in [3.05, 3.63) is 0 Å². The molecule has 0 spiro atoms. The molecule has 18 heavy (non-hydrogen) atoms. The normalized spacial score (nSPS) is 28.9. The second-order valence-electron chi connectivity index (χ2n) is 7.01. The first-order valence-corrected chi connectivity index (χ1v) is 7.63. The second kappa shape index (κ2) is 7.19. The van der Waals surface area contributed by atoms with Crippen LogP contribution in [0.3, 0.4) is 0 Å². The molecule has 1 saturated carbocycles. The van der Waals surface area contributed by atoms with E-state index in [9.17, 15) is 0 Å². The van der Waals surface area contributed by atoms with Crippen molar-refractivity contribution in [1.82, 2.24) is 5.32 Å². The lowest BCUT2D eigenvalue weighted by Gasteiger charge is -2.41. The lowest BCUT2D eigenvalue weighted by atomic mass is 9.65. The molecule has 1 aliphatic rings. The van der Waals surface area contributed by atoms with Crippen LogP contribution in [0.2, 0.25) is 0 Å². The highest BCUT2D eigenvalue weighted by molar-refractivity contribution is 4.94. The van der Waals surface area contributed by atoms with Crippen LogP contribution in [-0.2, 0) is 0 Å². The van der Waals surface area contributed by atoms with Gasteiger partial charge in [-0.3, -0.25) is 0 Å². The molecule has 0 heterocycles. The minimum absolute atomic E-state index is 0.439. The summed E-state index contributed by atoms with van der Waals surface area (Å²) in [5.74, 6) is 5.28. The average Bonchev–Trinajstić information content (AvgIpc) is 2.30. The van der Waals surface area contributed by atoms with Gasteiger partial charge in [-0.15, -0.1) is 12.3 Å². The van der Waals surface area contributed by atoms with Crippen molar-refractivity contribution < 1.29 is 0 Å². The molecule has 1 fully saturated rings. The van der Waals surface area contributed by atoms with Crippen LogP contribution >= 0.6 is 0 Å². The molecule has 1 nitrogen and oxygen atoms in total. The third-order valence-electron chi connectivity index (χ3n) is 4.58. The molecule has 1 aliphatic carbocycles. The predicted octanol–water partition coefficient (Wildman–Crippen LogP) is 4.09. The standard InChI is InChI=1S/C17H31N/c1-6-8-14-12-16(17(3,4)5)10-9-15(14)13-18-11-7-2/h1,14-16,18H,7-13H2,2-5H3. The summed E-state index contributed by atoms with van der Waals surface area (Å²) in [5.41, 5.74) is 0.439. The first-order valence-electron chi connectivity index (χ1n) is 7.63.